The molecule has 1 fully saturated rings. The topological polar surface area (TPSA) is 54.5 Å². The molecule has 0 bridgehead atoms. The van der Waals surface area contributed by atoms with Crippen LogP contribution in [0.25, 0.3) is 0 Å². The largest absolute Gasteiger partial charge is 0.444 e. The summed E-state index contributed by atoms with van der Waals surface area (Å²) in [6, 6.07) is 2.26. The Morgan fingerprint density at radius 1 is 1.52 bits per heavy atom. The van der Waals surface area contributed by atoms with E-state index in [4.69, 9.17) is 4.74 Å². The van der Waals surface area contributed by atoms with E-state index in [0.29, 0.717) is 0 Å². The van der Waals surface area contributed by atoms with Gasteiger partial charge in [0.25, 0.3) is 0 Å². The molecule has 1 aliphatic rings. The van der Waals surface area contributed by atoms with E-state index in [1.54, 1.807) is 12.4 Å². The zero-order valence-electron chi connectivity index (χ0n) is 12.7. The summed E-state index contributed by atoms with van der Waals surface area (Å²) in [5.41, 5.74) is 0.546. The molecule has 1 N–H and O–H groups in total. The molecule has 0 radical (unpaired) electrons. The number of likely N-dealkylation sites (tertiary alicyclic amines) is 1. The summed E-state index contributed by atoms with van der Waals surface area (Å²) in [6.07, 6.45) is 5.28. The first kappa shape index (κ1) is 16.1. The van der Waals surface area contributed by atoms with Crippen LogP contribution < -0.4 is 5.32 Å². The van der Waals surface area contributed by atoms with Crippen LogP contribution in [-0.4, -0.2) is 40.7 Å². The van der Waals surface area contributed by atoms with Crippen molar-refractivity contribution >= 4 is 27.7 Å². The van der Waals surface area contributed by atoms with Crippen molar-refractivity contribution in [3.8, 4) is 0 Å². The van der Waals surface area contributed by atoms with Gasteiger partial charge in [0.2, 0.25) is 0 Å². The highest BCUT2D eigenvalue weighted by molar-refractivity contribution is 9.10. The van der Waals surface area contributed by atoms with Crippen LogP contribution in [-0.2, 0) is 4.74 Å². The molecule has 1 unspecified atom stereocenters. The van der Waals surface area contributed by atoms with E-state index in [2.05, 4.69) is 26.2 Å². The quantitative estimate of drug-likeness (QED) is 0.895. The third-order valence-corrected chi connectivity index (χ3v) is 3.72. The minimum atomic E-state index is -0.433. The van der Waals surface area contributed by atoms with Crippen molar-refractivity contribution in [1.82, 2.24) is 9.88 Å². The fourth-order valence-corrected chi connectivity index (χ4v) is 2.56. The molecule has 1 aromatic rings. The minimum Gasteiger partial charge on any atom is -0.444 e. The van der Waals surface area contributed by atoms with Crippen molar-refractivity contribution in [3.05, 3.63) is 22.9 Å². The number of nitrogens with zero attached hydrogens (tertiary/aromatic N) is 2. The van der Waals surface area contributed by atoms with Gasteiger partial charge >= 0.3 is 6.09 Å². The highest BCUT2D eigenvalue weighted by atomic mass is 79.9. The number of carbonyl (C=O) groups is 1. The van der Waals surface area contributed by atoms with Gasteiger partial charge in [0.15, 0.2) is 0 Å². The van der Waals surface area contributed by atoms with Gasteiger partial charge in [-0.1, -0.05) is 0 Å². The monoisotopic (exact) mass is 355 g/mol. The average molecular weight is 356 g/mol. The van der Waals surface area contributed by atoms with E-state index in [1.807, 2.05) is 31.7 Å². The molecular formula is C15H22BrN3O2. The highest BCUT2D eigenvalue weighted by Crippen LogP contribution is 2.24. The third kappa shape index (κ3) is 4.88. The molecule has 5 nitrogen and oxygen atoms in total. The van der Waals surface area contributed by atoms with Crippen LogP contribution in [0.15, 0.2) is 22.9 Å². The lowest BCUT2D eigenvalue weighted by Crippen LogP contribution is -2.53. The van der Waals surface area contributed by atoms with Gasteiger partial charge in [0.1, 0.15) is 5.60 Å². The van der Waals surface area contributed by atoms with Crippen LogP contribution in [0.3, 0.4) is 0 Å². The molecule has 6 heteroatoms. The SMILES string of the molecule is CC(C)(C)OC(=O)N1CCC1CCNc1cncc(Br)c1. The van der Waals surface area contributed by atoms with Crippen molar-refractivity contribution in [2.75, 3.05) is 18.4 Å². The molecule has 21 heavy (non-hydrogen) atoms. The van der Waals surface area contributed by atoms with Gasteiger partial charge in [-0.15, -0.1) is 0 Å². The summed E-state index contributed by atoms with van der Waals surface area (Å²) in [7, 11) is 0. The molecule has 116 valence electrons. The molecule has 1 atom stereocenters. The molecule has 0 aliphatic carbocycles. The van der Waals surface area contributed by atoms with Crippen LogP contribution in [0.4, 0.5) is 10.5 Å². The van der Waals surface area contributed by atoms with Crippen molar-refractivity contribution < 1.29 is 9.53 Å². The zero-order chi connectivity index (χ0) is 15.5. The third-order valence-electron chi connectivity index (χ3n) is 3.28. The van der Waals surface area contributed by atoms with E-state index >= 15 is 0 Å². The first-order valence-corrected chi connectivity index (χ1v) is 7.98. The summed E-state index contributed by atoms with van der Waals surface area (Å²) in [4.78, 5) is 17.9. The maximum absolute atomic E-state index is 12.0. The number of anilines is 1. The van der Waals surface area contributed by atoms with E-state index in [1.165, 1.54) is 0 Å². The molecule has 0 saturated carbocycles. The van der Waals surface area contributed by atoms with Gasteiger partial charge in [-0.2, -0.15) is 0 Å². The van der Waals surface area contributed by atoms with Crippen molar-refractivity contribution in [3.63, 3.8) is 0 Å². The Hall–Kier alpha value is -1.30. The Morgan fingerprint density at radius 2 is 2.29 bits per heavy atom. The fourth-order valence-electron chi connectivity index (χ4n) is 2.19. The van der Waals surface area contributed by atoms with Gasteiger partial charge in [0, 0.05) is 29.8 Å². The number of halogens is 1. The second-order valence-electron chi connectivity index (χ2n) is 6.22. The van der Waals surface area contributed by atoms with Crippen LogP contribution in [0.5, 0.6) is 0 Å². The Labute approximate surface area is 134 Å². The first-order valence-electron chi connectivity index (χ1n) is 7.19. The van der Waals surface area contributed by atoms with Crippen LogP contribution >= 0.6 is 15.9 Å². The van der Waals surface area contributed by atoms with Crippen molar-refractivity contribution in [1.29, 1.82) is 0 Å². The molecule has 0 spiro atoms. The first-order chi connectivity index (χ1) is 9.85. The molecule has 1 aliphatic heterocycles. The van der Waals surface area contributed by atoms with E-state index in [9.17, 15) is 4.79 Å². The number of carbonyl (C=O) groups excluding carboxylic acids is 1. The molecular weight excluding hydrogens is 334 g/mol. The van der Waals surface area contributed by atoms with Gasteiger partial charge in [-0.3, -0.25) is 4.98 Å². The summed E-state index contributed by atoms with van der Waals surface area (Å²) < 4.78 is 6.35. The van der Waals surface area contributed by atoms with Gasteiger partial charge in [0.05, 0.1) is 11.9 Å². The number of amides is 1. The number of hydrogen-bond acceptors (Lipinski definition) is 4. The van der Waals surface area contributed by atoms with Crippen LogP contribution in [0.2, 0.25) is 0 Å². The van der Waals surface area contributed by atoms with Gasteiger partial charge in [-0.05, 0) is 55.6 Å². The average Bonchev–Trinajstić information content (AvgIpc) is 2.30. The second-order valence-corrected chi connectivity index (χ2v) is 7.14. The smallest absolute Gasteiger partial charge is 0.410 e. The molecule has 1 amide bonds. The van der Waals surface area contributed by atoms with E-state index in [-0.39, 0.29) is 12.1 Å². The fraction of sp³-hybridized carbons (Fsp3) is 0.600. The van der Waals surface area contributed by atoms with Crippen molar-refractivity contribution in [2.45, 2.75) is 45.3 Å². The zero-order valence-corrected chi connectivity index (χ0v) is 14.3. The lowest BCUT2D eigenvalue weighted by molar-refractivity contribution is -0.00597. The minimum absolute atomic E-state index is 0.206. The van der Waals surface area contributed by atoms with Gasteiger partial charge < -0.3 is 15.0 Å². The summed E-state index contributed by atoms with van der Waals surface area (Å²) in [5.74, 6) is 0. The summed E-state index contributed by atoms with van der Waals surface area (Å²) in [5, 5.41) is 3.32. The Kier molecular flexibility index (Phi) is 5.08. The summed E-state index contributed by atoms with van der Waals surface area (Å²) >= 11 is 3.39. The highest BCUT2D eigenvalue weighted by Gasteiger charge is 2.34. The number of rotatable bonds is 4. The second kappa shape index (κ2) is 6.64. The molecule has 0 aromatic carbocycles. The van der Waals surface area contributed by atoms with Crippen molar-refractivity contribution in [2.24, 2.45) is 0 Å². The maximum Gasteiger partial charge on any atom is 0.410 e. The molecule has 1 saturated heterocycles. The lowest BCUT2D eigenvalue weighted by atomic mass is 10.0. The number of ether oxygens (including phenoxy) is 1. The number of pyridine rings is 1. The molecule has 1 aromatic heterocycles. The maximum atomic E-state index is 12.0. The summed E-state index contributed by atoms with van der Waals surface area (Å²) in [6.45, 7) is 7.27. The Bertz CT molecular complexity index is 502. The Balaban J connectivity index is 1.75. The molecule has 2 heterocycles. The number of hydrogen-bond donors (Lipinski definition) is 1. The lowest BCUT2D eigenvalue weighted by Gasteiger charge is -2.41. The van der Waals surface area contributed by atoms with Crippen LogP contribution in [0, 0.1) is 0 Å². The van der Waals surface area contributed by atoms with E-state index < -0.39 is 5.60 Å². The standard InChI is InChI=1S/C15H22BrN3O2/c1-15(2,3)21-14(20)19-7-5-13(19)4-6-18-12-8-11(16)9-17-10-12/h8-10,13,18H,4-7H2,1-3H3. The normalized spacial score (nSPS) is 18.1. The van der Waals surface area contributed by atoms with Gasteiger partial charge in [-0.25, -0.2) is 4.79 Å². The molecule has 2 rings (SSSR count). The van der Waals surface area contributed by atoms with E-state index in [0.717, 1.165) is 36.1 Å². The number of aromatic nitrogens is 1. The van der Waals surface area contributed by atoms with Crippen LogP contribution in [0.1, 0.15) is 33.6 Å². The number of nitrogens with one attached hydrogen (secondary N) is 1. The predicted molar refractivity (Wildman–Crippen MR) is 86.4 cm³/mol. The predicted octanol–water partition coefficient (Wildman–Crippen LogP) is 3.66. The Morgan fingerprint density at radius 3 is 2.86 bits per heavy atom.